The van der Waals surface area contributed by atoms with E-state index >= 15 is 0 Å². The Hall–Kier alpha value is -1.60. The average Bonchev–Trinajstić information content (AvgIpc) is 3.15. The molecule has 0 unspecified atom stereocenters. The second-order valence-electron chi connectivity index (χ2n) is 7.98. The van der Waals surface area contributed by atoms with Gasteiger partial charge in [0.05, 0.1) is 7.11 Å². The molecule has 7 heteroatoms. The van der Waals surface area contributed by atoms with E-state index in [1.165, 1.54) is 32.4 Å². The Morgan fingerprint density at radius 1 is 0.929 bits per heavy atom. The molecule has 2 N–H and O–H groups in total. The zero-order chi connectivity index (χ0) is 20.0. The van der Waals surface area contributed by atoms with Gasteiger partial charge in [0.1, 0.15) is 10.6 Å². The first-order chi connectivity index (χ1) is 13.5. The van der Waals surface area contributed by atoms with Gasteiger partial charge in [-0.15, -0.1) is 0 Å². The lowest BCUT2D eigenvalue weighted by Gasteiger charge is -2.21. The van der Waals surface area contributed by atoms with Crippen LogP contribution in [0.25, 0.3) is 0 Å². The van der Waals surface area contributed by atoms with Gasteiger partial charge in [0.2, 0.25) is 10.0 Å². The lowest BCUT2D eigenvalue weighted by Crippen LogP contribution is -2.36. The molecule has 3 rings (SSSR count). The molecule has 0 bridgehead atoms. The fraction of sp³-hybridized carbons (Fsp3) is 0.667. The number of sulfonamides is 1. The van der Waals surface area contributed by atoms with Crippen molar-refractivity contribution in [3.8, 4) is 5.75 Å². The van der Waals surface area contributed by atoms with Crippen molar-refractivity contribution in [1.29, 1.82) is 0 Å². The number of hydrogen-bond acceptors (Lipinski definition) is 4. The topological polar surface area (TPSA) is 84.5 Å². The van der Waals surface area contributed by atoms with E-state index in [-0.39, 0.29) is 28.6 Å². The van der Waals surface area contributed by atoms with Crippen LogP contribution in [0.5, 0.6) is 5.75 Å². The summed E-state index contributed by atoms with van der Waals surface area (Å²) in [4.78, 5) is 12.8. The van der Waals surface area contributed by atoms with Crippen molar-refractivity contribution in [1.82, 2.24) is 10.0 Å². The van der Waals surface area contributed by atoms with Crippen molar-refractivity contribution in [2.24, 2.45) is 0 Å². The Morgan fingerprint density at radius 3 is 2.14 bits per heavy atom. The number of benzene rings is 1. The van der Waals surface area contributed by atoms with Crippen molar-refractivity contribution in [3.05, 3.63) is 23.8 Å². The van der Waals surface area contributed by atoms with E-state index in [2.05, 4.69) is 10.0 Å². The first-order valence-electron chi connectivity index (χ1n) is 10.5. The zero-order valence-electron chi connectivity index (χ0n) is 16.7. The van der Waals surface area contributed by atoms with E-state index in [1.807, 2.05) is 0 Å². The van der Waals surface area contributed by atoms with Gasteiger partial charge in [-0.25, -0.2) is 13.1 Å². The summed E-state index contributed by atoms with van der Waals surface area (Å²) >= 11 is 0. The highest BCUT2D eigenvalue weighted by atomic mass is 32.2. The van der Waals surface area contributed by atoms with Gasteiger partial charge in [-0.3, -0.25) is 4.79 Å². The predicted molar refractivity (Wildman–Crippen MR) is 109 cm³/mol. The molecule has 2 saturated carbocycles. The highest BCUT2D eigenvalue weighted by Crippen LogP contribution is 2.27. The summed E-state index contributed by atoms with van der Waals surface area (Å²) in [6.45, 7) is 0. The summed E-state index contributed by atoms with van der Waals surface area (Å²) in [5, 5.41) is 3.10. The summed E-state index contributed by atoms with van der Waals surface area (Å²) in [5.74, 6) is 0.0403. The van der Waals surface area contributed by atoms with E-state index in [0.717, 1.165) is 51.4 Å². The molecule has 0 radical (unpaired) electrons. The van der Waals surface area contributed by atoms with Crippen LogP contribution in [0.4, 0.5) is 0 Å². The number of carbonyl (C=O) groups is 1. The number of nitrogens with one attached hydrogen (secondary N) is 2. The molecule has 6 nitrogen and oxygen atoms in total. The van der Waals surface area contributed by atoms with Gasteiger partial charge >= 0.3 is 0 Å². The highest BCUT2D eigenvalue weighted by Gasteiger charge is 2.27. The van der Waals surface area contributed by atoms with E-state index in [1.54, 1.807) is 12.1 Å². The normalized spacial score (nSPS) is 19.8. The average molecular weight is 409 g/mol. The minimum absolute atomic E-state index is 0.0345. The molecular weight excluding hydrogens is 376 g/mol. The number of methoxy groups -OCH3 is 1. The molecule has 0 saturated heterocycles. The van der Waals surface area contributed by atoms with Gasteiger partial charge in [-0.1, -0.05) is 44.9 Å². The van der Waals surface area contributed by atoms with Gasteiger partial charge in [-0.05, 0) is 43.9 Å². The second-order valence-corrected chi connectivity index (χ2v) is 9.67. The molecule has 156 valence electrons. The molecule has 0 aliphatic heterocycles. The van der Waals surface area contributed by atoms with Crippen LogP contribution in [-0.2, 0) is 10.0 Å². The fourth-order valence-electron chi connectivity index (χ4n) is 4.22. The van der Waals surface area contributed by atoms with Crippen LogP contribution in [-0.4, -0.2) is 33.5 Å². The highest BCUT2D eigenvalue weighted by molar-refractivity contribution is 7.89. The van der Waals surface area contributed by atoms with Crippen molar-refractivity contribution in [2.45, 2.75) is 87.6 Å². The quantitative estimate of drug-likeness (QED) is 0.751. The molecule has 2 aliphatic rings. The standard InChI is InChI=1S/C21H32N2O4S/c1-27-19-14-13-16(21(24)22-17-9-5-3-2-4-6-10-17)15-20(19)28(25,26)23-18-11-7-8-12-18/h13-15,17-18,23H,2-12H2,1H3,(H,22,24). The summed E-state index contributed by atoms with van der Waals surface area (Å²) in [7, 11) is -2.30. The minimum Gasteiger partial charge on any atom is -0.495 e. The largest absolute Gasteiger partial charge is 0.495 e. The fourth-order valence-corrected chi connectivity index (χ4v) is 5.72. The summed E-state index contributed by atoms with van der Waals surface area (Å²) in [5.41, 5.74) is 0.356. The molecule has 1 aromatic rings. The zero-order valence-corrected chi connectivity index (χ0v) is 17.5. The molecule has 2 fully saturated rings. The molecule has 1 amide bonds. The lowest BCUT2D eigenvalue weighted by molar-refractivity contribution is 0.0930. The third kappa shape index (κ3) is 5.47. The lowest BCUT2D eigenvalue weighted by atomic mass is 9.96. The molecular formula is C21H32N2O4S. The van der Waals surface area contributed by atoms with Gasteiger partial charge in [0, 0.05) is 17.6 Å². The monoisotopic (exact) mass is 408 g/mol. The Labute approximate surface area is 168 Å². The molecule has 28 heavy (non-hydrogen) atoms. The van der Waals surface area contributed by atoms with Crippen LogP contribution >= 0.6 is 0 Å². The van der Waals surface area contributed by atoms with Gasteiger partial charge in [0.25, 0.3) is 5.91 Å². The van der Waals surface area contributed by atoms with Crippen molar-refractivity contribution in [3.63, 3.8) is 0 Å². The van der Waals surface area contributed by atoms with Gasteiger partial charge in [-0.2, -0.15) is 0 Å². The van der Waals surface area contributed by atoms with Crippen molar-refractivity contribution in [2.75, 3.05) is 7.11 Å². The Bertz CT molecular complexity index is 765. The number of carbonyl (C=O) groups excluding carboxylic acids is 1. The summed E-state index contributed by atoms with van der Waals surface area (Å²) in [6, 6.07) is 4.75. The smallest absolute Gasteiger partial charge is 0.251 e. The summed E-state index contributed by atoms with van der Waals surface area (Å²) < 4.78 is 33.8. The van der Waals surface area contributed by atoms with Gasteiger partial charge < -0.3 is 10.1 Å². The maximum atomic E-state index is 12.9. The first-order valence-corrected chi connectivity index (χ1v) is 12.0. The van der Waals surface area contributed by atoms with Crippen molar-refractivity contribution >= 4 is 15.9 Å². The number of amides is 1. The number of ether oxygens (including phenoxy) is 1. The van der Waals surface area contributed by atoms with E-state index < -0.39 is 10.0 Å². The predicted octanol–water partition coefficient (Wildman–Crippen LogP) is 3.76. The SMILES string of the molecule is COc1ccc(C(=O)NC2CCCCCCC2)cc1S(=O)(=O)NC1CCCC1. The maximum absolute atomic E-state index is 12.9. The number of rotatable bonds is 6. The Kier molecular flexibility index (Phi) is 7.35. The van der Waals surface area contributed by atoms with Crippen LogP contribution < -0.4 is 14.8 Å². The van der Waals surface area contributed by atoms with E-state index in [4.69, 9.17) is 4.74 Å². The Balaban J connectivity index is 1.76. The minimum atomic E-state index is -3.74. The first kappa shape index (κ1) is 21.1. The van der Waals surface area contributed by atoms with Crippen LogP contribution in [0.2, 0.25) is 0 Å². The van der Waals surface area contributed by atoms with Crippen molar-refractivity contribution < 1.29 is 17.9 Å². The van der Waals surface area contributed by atoms with E-state index in [0.29, 0.717) is 5.56 Å². The molecule has 0 heterocycles. The van der Waals surface area contributed by atoms with Crippen LogP contribution in [0.3, 0.4) is 0 Å². The molecule has 0 spiro atoms. The molecule has 1 aromatic carbocycles. The van der Waals surface area contributed by atoms with Crippen LogP contribution in [0.15, 0.2) is 23.1 Å². The van der Waals surface area contributed by atoms with Gasteiger partial charge in [0.15, 0.2) is 0 Å². The van der Waals surface area contributed by atoms with E-state index in [9.17, 15) is 13.2 Å². The van der Waals surface area contributed by atoms with Crippen LogP contribution in [0, 0.1) is 0 Å². The second kappa shape index (κ2) is 9.74. The molecule has 2 aliphatic carbocycles. The van der Waals surface area contributed by atoms with Crippen LogP contribution in [0.1, 0.15) is 81.0 Å². The third-order valence-electron chi connectivity index (χ3n) is 5.83. The third-order valence-corrected chi connectivity index (χ3v) is 7.37. The maximum Gasteiger partial charge on any atom is 0.251 e. The molecule has 0 atom stereocenters. The summed E-state index contributed by atoms with van der Waals surface area (Å²) in [6.07, 6.45) is 11.7. The molecule has 0 aromatic heterocycles. The number of hydrogen-bond donors (Lipinski definition) is 2. The Morgan fingerprint density at radius 2 is 1.50 bits per heavy atom.